The van der Waals surface area contributed by atoms with E-state index in [9.17, 15) is 4.79 Å². The number of fused-ring (bicyclic) bond motifs is 1. The van der Waals surface area contributed by atoms with Gasteiger partial charge in [-0.1, -0.05) is 42.5 Å². The van der Waals surface area contributed by atoms with Crippen LogP contribution in [0, 0.1) is 0 Å². The van der Waals surface area contributed by atoms with Gasteiger partial charge in [0.1, 0.15) is 6.61 Å². The molecule has 1 aromatic heterocycles. The summed E-state index contributed by atoms with van der Waals surface area (Å²) in [5.74, 6) is -0.249. The van der Waals surface area contributed by atoms with Crippen molar-refractivity contribution in [2.24, 2.45) is 4.99 Å². The zero-order valence-corrected chi connectivity index (χ0v) is 13.8. The Hall–Kier alpha value is -2.24. The molecular weight excluding hydrogens is 308 g/mol. The molecule has 0 bridgehead atoms. The molecule has 23 heavy (non-hydrogen) atoms. The summed E-state index contributed by atoms with van der Waals surface area (Å²) in [7, 11) is 0. The van der Waals surface area contributed by atoms with Gasteiger partial charge >= 0.3 is 0 Å². The van der Waals surface area contributed by atoms with Crippen molar-refractivity contribution in [3.05, 3.63) is 64.4 Å². The summed E-state index contributed by atoms with van der Waals surface area (Å²) in [5.41, 5.74) is 1.21. The molecule has 0 saturated heterocycles. The Balaban J connectivity index is 1.90. The first-order chi connectivity index (χ1) is 11.3. The first kappa shape index (κ1) is 15.6. The molecule has 3 aromatic rings. The number of aromatic nitrogens is 1. The van der Waals surface area contributed by atoms with Gasteiger partial charge in [0.2, 0.25) is 0 Å². The van der Waals surface area contributed by atoms with Crippen molar-refractivity contribution >= 4 is 28.0 Å². The van der Waals surface area contributed by atoms with E-state index in [1.165, 1.54) is 27.7 Å². The quantitative estimate of drug-likeness (QED) is 0.722. The zero-order chi connectivity index (χ0) is 16.1. The molecule has 0 aliphatic carbocycles. The Labute approximate surface area is 138 Å². The standard InChI is InChI=1S/C18H18N2O2S/c1-2-22-13-17(21)19-18-20(10-11-23-18)12-15-8-5-7-14-6-3-4-9-16(14)15/h3-11H,2,12-13H2,1H3. The van der Waals surface area contributed by atoms with Crippen molar-refractivity contribution in [2.45, 2.75) is 13.5 Å². The summed E-state index contributed by atoms with van der Waals surface area (Å²) >= 11 is 1.46. The SMILES string of the molecule is CCOCC(=O)N=c1sccn1Cc1cccc2ccccc12. The molecule has 1 amide bonds. The van der Waals surface area contributed by atoms with E-state index in [1.807, 2.05) is 35.2 Å². The van der Waals surface area contributed by atoms with Crippen LogP contribution in [0.3, 0.4) is 0 Å². The highest BCUT2D eigenvalue weighted by atomic mass is 32.1. The largest absolute Gasteiger partial charge is 0.372 e. The van der Waals surface area contributed by atoms with Gasteiger partial charge in [0.05, 0.1) is 6.54 Å². The average molecular weight is 326 g/mol. The van der Waals surface area contributed by atoms with Gasteiger partial charge in [0, 0.05) is 18.2 Å². The molecule has 0 spiro atoms. The van der Waals surface area contributed by atoms with Crippen LogP contribution in [-0.4, -0.2) is 23.7 Å². The number of hydrogen-bond acceptors (Lipinski definition) is 3. The first-order valence-corrected chi connectivity index (χ1v) is 8.42. The third kappa shape index (κ3) is 3.75. The second-order valence-corrected chi connectivity index (χ2v) is 5.97. The number of nitrogens with zero attached hydrogens (tertiary/aromatic N) is 2. The van der Waals surface area contributed by atoms with E-state index in [2.05, 4.69) is 35.3 Å². The van der Waals surface area contributed by atoms with Crippen LogP contribution < -0.4 is 4.80 Å². The molecule has 0 radical (unpaired) electrons. The number of ether oxygens (including phenoxy) is 1. The molecule has 0 fully saturated rings. The van der Waals surface area contributed by atoms with Crippen molar-refractivity contribution in [1.29, 1.82) is 0 Å². The fourth-order valence-electron chi connectivity index (χ4n) is 2.45. The minimum atomic E-state index is -0.249. The minimum absolute atomic E-state index is 0.0304. The summed E-state index contributed by atoms with van der Waals surface area (Å²) in [6, 6.07) is 14.6. The van der Waals surface area contributed by atoms with Gasteiger partial charge in [-0.25, -0.2) is 0 Å². The molecule has 4 nitrogen and oxygen atoms in total. The molecule has 3 rings (SSSR count). The number of hydrogen-bond donors (Lipinski definition) is 0. The zero-order valence-electron chi connectivity index (χ0n) is 12.9. The summed E-state index contributed by atoms with van der Waals surface area (Å²) in [6.07, 6.45) is 1.96. The molecule has 0 unspecified atom stereocenters. The van der Waals surface area contributed by atoms with E-state index in [0.29, 0.717) is 18.0 Å². The van der Waals surface area contributed by atoms with E-state index in [0.717, 1.165) is 0 Å². The Morgan fingerprint density at radius 1 is 1.22 bits per heavy atom. The van der Waals surface area contributed by atoms with Crippen molar-refractivity contribution in [2.75, 3.05) is 13.2 Å². The van der Waals surface area contributed by atoms with E-state index < -0.39 is 0 Å². The van der Waals surface area contributed by atoms with Crippen LogP contribution in [0.15, 0.2) is 59.0 Å². The Bertz CT molecular complexity index is 874. The first-order valence-electron chi connectivity index (χ1n) is 7.54. The van der Waals surface area contributed by atoms with Gasteiger partial charge < -0.3 is 9.30 Å². The summed E-state index contributed by atoms with van der Waals surface area (Å²) in [4.78, 5) is 16.6. The Morgan fingerprint density at radius 2 is 2.04 bits per heavy atom. The predicted molar refractivity (Wildman–Crippen MR) is 92.4 cm³/mol. The summed E-state index contributed by atoms with van der Waals surface area (Å²) in [5, 5.41) is 4.38. The molecule has 2 aromatic carbocycles. The molecular formula is C18H18N2O2S. The third-order valence-corrected chi connectivity index (χ3v) is 4.32. The highest BCUT2D eigenvalue weighted by Crippen LogP contribution is 2.19. The molecule has 118 valence electrons. The van der Waals surface area contributed by atoms with Gasteiger partial charge in [-0.05, 0) is 23.3 Å². The maximum atomic E-state index is 11.8. The highest BCUT2D eigenvalue weighted by molar-refractivity contribution is 7.07. The van der Waals surface area contributed by atoms with E-state index >= 15 is 0 Å². The summed E-state index contributed by atoms with van der Waals surface area (Å²) in [6.45, 7) is 3.09. The highest BCUT2D eigenvalue weighted by Gasteiger charge is 2.04. The van der Waals surface area contributed by atoms with Crippen LogP contribution in [0.5, 0.6) is 0 Å². The van der Waals surface area contributed by atoms with Gasteiger partial charge in [0.15, 0.2) is 4.80 Å². The minimum Gasteiger partial charge on any atom is -0.372 e. The maximum Gasteiger partial charge on any atom is 0.274 e. The van der Waals surface area contributed by atoms with Crippen LogP contribution in [0.2, 0.25) is 0 Å². The van der Waals surface area contributed by atoms with Crippen LogP contribution in [0.1, 0.15) is 12.5 Å². The number of benzene rings is 2. The number of rotatable bonds is 5. The summed E-state index contributed by atoms with van der Waals surface area (Å²) < 4.78 is 7.11. The van der Waals surface area contributed by atoms with Crippen molar-refractivity contribution in [3.63, 3.8) is 0 Å². The molecule has 1 heterocycles. The normalized spacial score (nSPS) is 12.0. The lowest BCUT2D eigenvalue weighted by molar-refractivity contribution is -0.122. The lowest BCUT2D eigenvalue weighted by Gasteiger charge is -2.07. The Morgan fingerprint density at radius 3 is 2.91 bits per heavy atom. The van der Waals surface area contributed by atoms with Crippen molar-refractivity contribution in [3.8, 4) is 0 Å². The van der Waals surface area contributed by atoms with Crippen molar-refractivity contribution < 1.29 is 9.53 Å². The molecule has 0 aliphatic rings. The second-order valence-electron chi connectivity index (χ2n) is 5.09. The molecule has 0 aliphatic heterocycles. The monoisotopic (exact) mass is 326 g/mol. The lowest BCUT2D eigenvalue weighted by Crippen LogP contribution is -2.18. The van der Waals surface area contributed by atoms with Crippen LogP contribution >= 0.6 is 11.3 Å². The van der Waals surface area contributed by atoms with Crippen LogP contribution in [0.4, 0.5) is 0 Å². The Kier molecular flexibility index (Phi) is 5.00. The maximum absolute atomic E-state index is 11.8. The number of carbonyl (C=O) groups is 1. The van der Waals surface area contributed by atoms with E-state index in [4.69, 9.17) is 4.74 Å². The van der Waals surface area contributed by atoms with Crippen LogP contribution in [0.25, 0.3) is 10.8 Å². The lowest BCUT2D eigenvalue weighted by atomic mass is 10.0. The number of carbonyl (C=O) groups excluding carboxylic acids is 1. The smallest absolute Gasteiger partial charge is 0.274 e. The molecule has 5 heteroatoms. The van der Waals surface area contributed by atoms with Gasteiger partial charge in [-0.15, -0.1) is 11.3 Å². The molecule has 0 saturated carbocycles. The van der Waals surface area contributed by atoms with E-state index in [1.54, 1.807) is 0 Å². The van der Waals surface area contributed by atoms with Gasteiger partial charge in [0.25, 0.3) is 5.91 Å². The van der Waals surface area contributed by atoms with Crippen LogP contribution in [-0.2, 0) is 16.1 Å². The van der Waals surface area contributed by atoms with Crippen molar-refractivity contribution in [1.82, 2.24) is 4.57 Å². The molecule has 0 N–H and O–H groups in total. The number of thiazole rings is 1. The fraction of sp³-hybridized carbons (Fsp3) is 0.222. The van der Waals surface area contributed by atoms with Gasteiger partial charge in [-0.2, -0.15) is 4.99 Å². The topological polar surface area (TPSA) is 43.6 Å². The molecule has 0 atom stereocenters. The third-order valence-electron chi connectivity index (χ3n) is 3.53. The van der Waals surface area contributed by atoms with Gasteiger partial charge in [-0.3, -0.25) is 4.79 Å². The number of amides is 1. The second kappa shape index (κ2) is 7.35. The van der Waals surface area contributed by atoms with E-state index in [-0.39, 0.29) is 12.5 Å². The average Bonchev–Trinajstić information content (AvgIpc) is 3.00. The fourth-order valence-corrected chi connectivity index (χ4v) is 3.19. The predicted octanol–water partition coefficient (Wildman–Crippen LogP) is 3.21.